The second-order valence-corrected chi connectivity index (χ2v) is 5.17. The highest BCUT2D eigenvalue weighted by Gasteiger charge is 2.24. The molecule has 0 saturated heterocycles. The van der Waals surface area contributed by atoms with Crippen molar-refractivity contribution in [1.82, 2.24) is 14.3 Å². The molecule has 100 valence electrons. The maximum absolute atomic E-state index is 11.4. The fourth-order valence-corrected chi connectivity index (χ4v) is 2.78. The van der Waals surface area contributed by atoms with Crippen LogP contribution in [0.4, 0.5) is 0 Å². The lowest BCUT2D eigenvalue weighted by Gasteiger charge is -2.11. The summed E-state index contributed by atoms with van der Waals surface area (Å²) < 4.78 is 3.64. The van der Waals surface area contributed by atoms with E-state index < -0.39 is 5.97 Å². The predicted molar refractivity (Wildman–Crippen MR) is 71.1 cm³/mol. The molecule has 1 aliphatic carbocycles. The van der Waals surface area contributed by atoms with Crippen LogP contribution in [-0.4, -0.2) is 25.4 Å². The Morgan fingerprint density at radius 1 is 1.42 bits per heavy atom. The minimum atomic E-state index is -0.901. The molecule has 1 saturated carbocycles. The maximum atomic E-state index is 11.4. The second-order valence-electron chi connectivity index (χ2n) is 5.17. The van der Waals surface area contributed by atoms with Crippen LogP contribution in [0.3, 0.4) is 0 Å². The van der Waals surface area contributed by atoms with E-state index in [-0.39, 0.29) is 6.04 Å². The zero-order chi connectivity index (χ0) is 13.4. The summed E-state index contributed by atoms with van der Waals surface area (Å²) in [5, 5.41) is 13.8. The van der Waals surface area contributed by atoms with E-state index in [9.17, 15) is 9.90 Å². The monoisotopic (exact) mass is 259 g/mol. The number of hydrogen-bond donors (Lipinski definition) is 1. The number of carbonyl (C=O) groups is 1. The van der Waals surface area contributed by atoms with E-state index >= 15 is 0 Å². The van der Waals surface area contributed by atoms with Gasteiger partial charge in [-0.25, -0.2) is 4.79 Å². The highest BCUT2D eigenvalue weighted by Crippen LogP contribution is 2.31. The fourth-order valence-electron chi connectivity index (χ4n) is 2.78. The van der Waals surface area contributed by atoms with Crippen LogP contribution in [-0.2, 0) is 7.05 Å². The molecule has 0 aromatic carbocycles. The van der Waals surface area contributed by atoms with Crippen molar-refractivity contribution < 1.29 is 9.90 Å². The maximum Gasteiger partial charge on any atom is 0.354 e. The Hall–Kier alpha value is -2.04. The molecule has 0 radical (unpaired) electrons. The van der Waals surface area contributed by atoms with Crippen molar-refractivity contribution in [2.24, 2.45) is 7.05 Å². The van der Waals surface area contributed by atoms with Gasteiger partial charge in [0, 0.05) is 25.0 Å². The Bertz CT molecular complexity index is 606. The van der Waals surface area contributed by atoms with Crippen molar-refractivity contribution in [2.45, 2.75) is 31.7 Å². The lowest BCUT2D eigenvalue weighted by atomic mass is 10.2. The van der Waals surface area contributed by atoms with Crippen molar-refractivity contribution in [3.05, 3.63) is 30.2 Å². The van der Waals surface area contributed by atoms with E-state index in [4.69, 9.17) is 0 Å². The number of hydrogen-bond acceptors (Lipinski definition) is 2. The van der Waals surface area contributed by atoms with Gasteiger partial charge in [-0.1, -0.05) is 12.8 Å². The van der Waals surface area contributed by atoms with Gasteiger partial charge >= 0.3 is 5.97 Å². The number of carboxylic acid groups (broad SMARTS) is 1. The van der Waals surface area contributed by atoms with E-state index in [1.165, 1.54) is 0 Å². The third-order valence-corrected chi connectivity index (χ3v) is 3.75. The first kappa shape index (κ1) is 12.0. The van der Waals surface area contributed by atoms with E-state index in [1.807, 2.05) is 30.1 Å². The first-order chi connectivity index (χ1) is 9.15. The number of carboxylic acids is 1. The average Bonchev–Trinajstić information content (AvgIpc) is 3.07. The first-order valence-electron chi connectivity index (χ1n) is 6.60. The molecule has 2 aromatic heterocycles. The van der Waals surface area contributed by atoms with E-state index in [2.05, 4.69) is 5.10 Å². The molecule has 5 heteroatoms. The SMILES string of the molecule is Cn1ccc(-c2cc(C(=O)O)n(C3CCCC3)n2)c1. The molecular weight excluding hydrogens is 242 g/mol. The highest BCUT2D eigenvalue weighted by molar-refractivity contribution is 5.87. The molecule has 0 spiro atoms. The molecule has 0 bridgehead atoms. The topological polar surface area (TPSA) is 60.1 Å². The van der Waals surface area contributed by atoms with E-state index in [0.717, 1.165) is 36.9 Å². The molecule has 19 heavy (non-hydrogen) atoms. The van der Waals surface area contributed by atoms with Crippen LogP contribution >= 0.6 is 0 Å². The van der Waals surface area contributed by atoms with Crippen molar-refractivity contribution in [2.75, 3.05) is 0 Å². The van der Waals surface area contributed by atoms with Crippen LogP contribution in [0.5, 0.6) is 0 Å². The van der Waals surface area contributed by atoms with Gasteiger partial charge in [0.1, 0.15) is 5.69 Å². The van der Waals surface area contributed by atoms with Gasteiger partial charge in [0.25, 0.3) is 0 Å². The first-order valence-corrected chi connectivity index (χ1v) is 6.60. The number of aryl methyl sites for hydroxylation is 1. The number of nitrogens with zero attached hydrogens (tertiary/aromatic N) is 3. The molecule has 2 heterocycles. The van der Waals surface area contributed by atoms with Crippen molar-refractivity contribution in [1.29, 1.82) is 0 Å². The van der Waals surface area contributed by atoms with Crippen LogP contribution < -0.4 is 0 Å². The molecule has 0 amide bonds. The predicted octanol–water partition coefficient (Wildman–Crippen LogP) is 2.70. The third-order valence-electron chi connectivity index (χ3n) is 3.75. The van der Waals surface area contributed by atoms with Crippen LogP contribution in [0.1, 0.15) is 42.2 Å². The van der Waals surface area contributed by atoms with Crippen LogP contribution in [0.2, 0.25) is 0 Å². The minimum absolute atomic E-state index is 0.239. The Kier molecular flexibility index (Phi) is 2.89. The number of aromatic nitrogens is 3. The normalized spacial score (nSPS) is 16.1. The third kappa shape index (κ3) is 2.16. The zero-order valence-electron chi connectivity index (χ0n) is 10.9. The molecular formula is C14H17N3O2. The van der Waals surface area contributed by atoms with Gasteiger partial charge in [-0.05, 0) is 25.0 Å². The van der Waals surface area contributed by atoms with Crippen molar-refractivity contribution >= 4 is 5.97 Å². The van der Waals surface area contributed by atoms with Crippen LogP contribution in [0.15, 0.2) is 24.5 Å². The summed E-state index contributed by atoms with van der Waals surface area (Å²) in [7, 11) is 1.94. The van der Waals surface area contributed by atoms with Gasteiger partial charge in [0.05, 0.1) is 11.7 Å². The summed E-state index contributed by atoms with van der Waals surface area (Å²) in [5.74, 6) is -0.901. The Balaban J connectivity index is 2.03. The molecule has 1 fully saturated rings. The minimum Gasteiger partial charge on any atom is -0.477 e. The molecule has 1 N–H and O–H groups in total. The molecule has 0 aliphatic heterocycles. The standard InChI is InChI=1S/C14H17N3O2/c1-16-7-6-10(9-16)12-8-13(14(18)19)17(15-12)11-4-2-3-5-11/h6-9,11H,2-5H2,1H3,(H,18,19). The van der Waals surface area contributed by atoms with Gasteiger partial charge in [0.15, 0.2) is 0 Å². The highest BCUT2D eigenvalue weighted by atomic mass is 16.4. The van der Waals surface area contributed by atoms with Gasteiger partial charge in [-0.2, -0.15) is 5.10 Å². The Morgan fingerprint density at radius 2 is 2.16 bits per heavy atom. The smallest absolute Gasteiger partial charge is 0.354 e. The van der Waals surface area contributed by atoms with E-state index in [0.29, 0.717) is 5.69 Å². The molecule has 2 aromatic rings. The zero-order valence-corrected chi connectivity index (χ0v) is 10.9. The van der Waals surface area contributed by atoms with E-state index in [1.54, 1.807) is 10.7 Å². The van der Waals surface area contributed by atoms with Gasteiger partial charge in [-0.15, -0.1) is 0 Å². The largest absolute Gasteiger partial charge is 0.477 e. The quantitative estimate of drug-likeness (QED) is 0.921. The van der Waals surface area contributed by atoms with Gasteiger partial charge in [-0.3, -0.25) is 4.68 Å². The number of rotatable bonds is 3. The Labute approximate surface area is 111 Å². The molecule has 0 unspecified atom stereocenters. The summed E-state index contributed by atoms with van der Waals surface area (Å²) in [5.41, 5.74) is 2.00. The lowest BCUT2D eigenvalue weighted by Crippen LogP contribution is -2.14. The fraction of sp³-hybridized carbons (Fsp3) is 0.429. The summed E-state index contributed by atoms with van der Waals surface area (Å²) >= 11 is 0. The average molecular weight is 259 g/mol. The van der Waals surface area contributed by atoms with Crippen molar-refractivity contribution in [3.63, 3.8) is 0 Å². The van der Waals surface area contributed by atoms with Crippen LogP contribution in [0, 0.1) is 0 Å². The van der Waals surface area contributed by atoms with Crippen molar-refractivity contribution in [3.8, 4) is 11.3 Å². The molecule has 1 aliphatic rings. The Morgan fingerprint density at radius 3 is 2.74 bits per heavy atom. The molecule has 0 atom stereocenters. The summed E-state index contributed by atoms with van der Waals surface area (Å²) in [4.78, 5) is 11.4. The summed E-state index contributed by atoms with van der Waals surface area (Å²) in [6.07, 6.45) is 8.25. The lowest BCUT2D eigenvalue weighted by molar-refractivity contribution is 0.0680. The van der Waals surface area contributed by atoms with Crippen LogP contribution in [0.25, 0.3) is 11.3 Å². The summed E-state index contributed by atoms with van der Waals surface area (Å²) in [6.45, 7) is 0. The number of aromatic carboxylic acids is 1. The van der Waals surface area contributed by atoms with Gasteiger partial charge in [0.2, 0.25) is 0 Å². The molecule has 5 nitrogen and oxygen atoms in total. The summed E-state index contributed by atoms with van der Waals surface area (Å²) in [6, 6.07) is 3.87. The second kappa shape index (κ2) is 4.57. The molecule has 3 rings (SSSR count). The van der Waals surface area contributed by atoms with Gasteiger partial charge < -0.3 is 9.67 Å².